The molecule has 0 aliphatic carbocycles. The van der Waals surface area contributed by atoms with Crippen molar-refractivity contribution in [3.63, 3.8) is 0 Å². The number of unbranched alkanes of at least 4 members (excludes halogenated alkanes) is 15. The lowest BCUT2D eigenvalue weighted by molar-refractivity contribution is -0.162. The maximum absolute atomic E-state index is 12.7. The number of carboxylic acid groups (broad SMARTS) is 2. The van der Waals surface area contributed by atoms with Crippen LogP contribution in [-0.2, 0) is 71.7 Å². The molecule has 4 atom stereocenters. The van der Waals surface area contributed by atoms with Crippen molar-refractivity contribution < 1.29 is 87.1 Å². The predicted molar refractivity (Wildman–Crippen MR) is 288 cm³/mol. The third kappa shape index (κ3) is 42.5. The van der Waals surface area contributed by atoms with Crippen LogP contribution in [0.2, 0.25) is 0 Å². The Morgan fingerprint density at radius 3 is 1.73 bits per heavy atom. The van der Waals surface area contributed by atoms with Gasteiger partial charge in [-0.2, -0.15) is 5.48 Å². The van der Waals surface area contributed by atoms with Crippen molar-refractivity contribution in [3.8, 4) is 0 Å². The molecule has 1 aliphatic heterocycles. The lowest BCUT2D eigenvalue weighted by Gasteiger charge is -2.20. The molecule has 0 aromatic heterocycles. The largest absolute Gasteiger partial charge is 0.480 e. The molecule has 0 aromatic rings. The Morgan fingerprint density at radius 1 is 0.608 bits per heavy atom. The van der Waals surface area contributed by atoms with Gasteiger partial charge in [-0.3, -0.25) is 38.9 Å². The van der Waals surface area contributed by atoms with Crippen molar-refractivity contribution in [2.45, 2.75) is 198 Å². The summed E-state index contributed by atoms with van der Waals surface area (Å²) in [4.78, 5) is 114. The molecule has 79 heavy (non-hydrogen) atoms. The highest BCUT2D eigenvalue weighted by molar-refractivity contribution is 5.84. The third-order valence-electron chi connectivity index (χ3n) is 12.7. The standard InChI is InChI=1S/C53H96N8O18/c1-2-3-4-5-6-7-8-9-10-11-12-13-14-15-16-23-47(64)59-41(50(67)68)24-26-46(63)56-30-32-74-34-37-77-39-49(66)57-31-33-75-35-36-76-38-48(65)55-29-20-18-22-44(60-73)52(71)78-40-58-43-25-27-45(62)54-28-19-17-21-42(51(69)70)61-79-53(43)72/h41-44,58,60-61,73H,2-40H2,1H3,(H,54,62)(H,55,65)(H,56,63)(H,57,66)(H,59,64)(H,67,68)(H,69,70)/t41-,42?,43?,44?/m0/s1. The molecule has 0 bridgehead atoms. The van der Waals surface area contributed by atoms with Gasteiger partial charge in [-0.05, 0) is 57.8 Å². The van der Waals surface area contributed by atoms with Crippen molar-refractivity contribution in [1.82, 2.24) is 42.9 Å². The highest BCUT2D eigenvalue weighted by Crippen LogP contribution is 2.14. The van der Waals surface area contributed by atoms with Crippen LogP contribution in [0.15, 0.2) is 0 Å². The first-order valence-corrected chi connectivity index (χ1v) is 28.7. The second kappa shape index (κ2) is 49.9. The average Bonchev–Trinajstić information content (AvgIpc) is 3.43. The first-order chi connectivity index (χ1) is 38.3. The SMILES string of the molecule is CCCCCCCCCCCCCCCCCC(=O)N[C@@H](CCC(=O)NCCOCCOCC(=O)NCCOCCOCC(=O)NCCCCC(NO)C(=O)OCNC1CCC(=O)NCCCCC(C(=O)O)NOC1=O)C(=O)O. The molecule has 1 saturated heterocycles. The zero-order valence-electron chi connectivity index (χ0n) is 46.9. The van der Waals surface area contributed by atoms with Crippen LogP contribution in [0.4, 0.5) is 0 Å². The van der Waals surface area contributed by atoms with Crippen LogP contribution in [-0.4, -0.2) is 179 Å². The number of ether oxygens (including phenoxy) is 5. The summed E-state index contributed by atoms with van der Waals surface area (Å²) >= 11 is 0. The molecular weight excluding hydrogens is 1040 g/mol. The van der Waals surface area contributed by atoms with Gasteiger partial charge >= 0.3 is 23.9 Å². The maximum Gasteiger partial charge on any atom is 0.341 e. The number of carboxylic acids is 2. The lowest BCUT2D eigenvalue weighted by Crippen LogP contribution is -2.46. The molecule has 11 N–H and O–H groups in total. The van der Waals surface area contributed by atoms with E-state index in [2.05, 4.69) is 44.3 Å². The van der Waals surface area contributed by atoms with Crippen LogP contribution in [0, 0.1) is 0 Å². The smallest absolute Gasteiger partial charge is 0.341 e. The fourth-order valence-electron chi connectivity index (χ4n) is 7.99. The van der Waals surface area contributed by atoms with E-state index in [1.54, 1.807) is 0 Å². The van der Waals surface area contributed by atoms with Crippen LogP contribution < -0.4 is 42.9 Å². The molecule has 5 amide bonds. The average molecular weight is 1130 g/mol. The van der Waals surface area contributed by atoms with Gasteiger partial charge < -0.3 is 70.5 Å². The summed E-state index contributed by atoms with van der Waals surface area (Å²) in [6.07, 6.45) is 20.5. The number of amides is 5. The number of nitrogens with one attached hydrogen (secondary N) is 8. The zero-order valence-corrected chi connectivity index (χ0v) is 46.9. The molecular formula is C53H96N8O18. The van der Waals surface area contributed by atoms with E-state index in [4.69, 9.17) is 28.5 Å². The second-order valence-corrected chi connectivity index (χ2v) is 19.4. The summed E-state index contributed by atoms with van der Waals surface area (Å²) in [6.45, 7) is 3.33. The van der Waals surface area contributed by atoms with Gasteiger partial charge in [0.05, 0.1) is 39.6 Å². The number of hydrogen-bond donors (Lipinski definition) is 11. The van der Waals surface area contributed by atoms with Gasteiger partial charge in [0.1, 0.15) is 44.1 Å². The Hall–Kier alpha value is -5.09. The molecule has 0 spiro atoms. The van der Waals surface area contributed by atoms with E-state index in [9.17, 15) is 58.6 Å². The predicted octanol–water partition coefficient (Wildman–Crippen LogP) is 2.57. The van der Waals surface area contributed by atoms with Crippen LogP contribution in [0.3, 0.4) is 0 Å². The van der Waals surface area contributed by atoms with E-state index in [0.29, 0.717) is 38.6 Å². The topological polar surface area (TPSA) is 366 Å². The Kier molecular flexibility index (Phi) is 45.4. The maximum atomic E-state index is 12.7. The van der Waals surface area contributed by atoms with Crippen LogP contribution in [0.1, 0.15) is 174 Å². The summed E-state index contributed by atoms with van der Waals surface area (Å²) in [7, 11) is 0. The Balaban J connectivity index is 2.02. The molecule has 1 heterocycles. The van der Waals surface area contributed by atoms with Gasteiger partial charge in [-0.1, -0.05) is 96.8 Å². The Labute approximate surface area is 466 Å². The summed E-state index contributed by atoms with van der Waals surface area (Å²) < 4.78 is 26.6. The van der Waals surface area contributed by atoms with E-state index in [-0.39, 0.29) is 147 Å². The highest BCUT2D eigenvalue weighted by atomic mass is 16.7. The molecule has 0 saturated carbocycles. The van der Waals surface area contributed by atoms with Crippen LogP contribution in [0.25, 0.3) is 0 Å². The number of hydroxylamine groups is 2. The monoisotopic (exact) mass is 1130 g/mol. The Morgan fingerprint density at radius 2 is 1.16 bits per heavy atom. The van der Waals surface area contributed by atoms with E-state index in [0.717, 1.165) is 19.3 Å². The van der Waals surface area contributed by atoms with Gasteiger partial charge in [-0.15, -0.1) is 5.48 Å². The summed E-state index contributed by atoms with van der Waals surface area (Å²) in [6, 6.07) is -4.53. The molecule has 456 valence electrons. The van der Waals surface area contributed by atoms with E-state index in [1.165, 1.54) is 70.6 Å². The molecule has 1 fully saturated rings. The van der Waals surface area contributed by atoms with Gasteiger partial charge in [0, 0.05) is 45.4 Å². The molecule has 0 aromatic carbocycles. The molecule has 0 radical (unpaired) electrons. The zero-order chi connectivity index (χ0) is 58.0. The number of carbonyl (C=O) groups is 9. The lowest BCUT2D eigenvalue weighted by atomic mass is 10.0. The normalized spacial score (nSPS) is 15.9. The number of aliphatic carboxylic acids is 2. The van der Waals surface area contributed by atoms with Gasteiger partial charge in [-0.25, -0.2) is 9.59 Å². The highest BCUT2D eigenvalue weighted by Gasteiger charge is 2.27. The van der Waals surface area contributed by atoms with Crippen LogP contribution in [0.5, 0.6) is 0 Å². The first kappa shape index (κ1) is 71.9. The quantitative estimate of drug-likeness (QED) is 0.0180. The fraction of sp³-hybridized carbons (Fsp3) is 0.830. The van der Waals surface area contributed by atoms with Gasteiger partial charge in [0.25, 0.3) is 0 Å². The summed E-state index contributed by atoms with van der Waals surface area (Å²) in [5.74, 6) is -5.86. The van der Waals surface area contributed by atoms with Gasteiger partial charge in [0.2, 0.25) is 29.5 Å². The van der Waals surface area contributed by atoms with Crippen LogP contribution >= 0.6 is 0 Å². The van der Waals surface area contributed by atoms with Crippen molar-refractivity contribution in [3.05, 3.63) is 0 Å². The summed E-state index contributed by atoms with van der Waals surface area (Å²) in [5, 5.41) is 44.3. The van der Waals surface area contributed by atoms with E-state index < -0.39 is 54.8 Å². The number of carbonyl (C=O) groups excluding carboxylic acids is 7. The number of esters is 1. The minimum atomic E-state index is -1.21. The minimum Gasteiger partial charge on any atom is -0.480 e. The van der Waals surface area contributed by atoms with Crippen molar-refractivity contribution in [2.75, 3.05) is 85.8 Å². The number of hydrogen-bond acceptors (Lipinski definition) is 19. The Bertz CT molecular complexity index is 1700. The van der Waals surface area contributed by atoms with Crippen molar-refractivity contribution in [1.29, 1.82) is 0 Å². The van der Waals surface area contributed by atoms with Crippen molar-refractivity contribution >= 4 is 53.4 Å². The molecule has 26 nitrogen and oxygen atoms in total. The minimum absolute atomic E-state index is 0.0309. The van der Waals surface area contributed by atoms with E-state index >= 15 is 0 Å². The first-order valence-electron chi connectivity index (χ1n) is 28.7. The third-order valence-corrected chi connectivity index (χ3v) is 12.7. The molecule has 3 unspecified atom stereocenters. The fourth-order valence-corrected chi connectivity index (χ4v) is 7.99. The number of rotatable bonds is 48. The summed E-state index contributed by atoms with van der Waals surface area (Å²) in [5.41, 5.74) is 4.13. The second-order valence-electron chi connectivity index (χ2n) is 19.4. The molecule has 26 heteroatoms. The molecule has 1 aliphatic rings. The van der Waals surface area contributed by atoms with E-state index in [1.807, 2.05) is 5.48 Å². The molecule has 1 rings (SSSR count). The van der Waals surface area contributed by atoms with Gasteiger partial charge in [0.15, 0.2) is 0 Å². The van der Waals surface area contributed by atoms with Crippen molar-refractivity contribution in [2.24, 2.45) is 0 Å².